The molecule has 7 nitrogen and oxygen atoms in total. The summed E-state index contributed by atoms with van der Waals surface area (Å²) in [7, 11) is 2.20. The average molecular weight is 451 g/mol. The summed E-state index contributed by atoms with van der Waals surface area (Å²) < 4.78 is 0. The van der Waals surface area contributed by atoms with E-state index in [1.807, 2.05) is 25.1 Å². The maximum Gasteiger partial charge on any atom is 0.147 e. The van der Waals surface area contributed by atoms with Crippen molar-refractivity contribution >= 4 is 28.0 Å². The molecule has 1 saturated carbocycles. The summed E-state index contributed by atoms with van der Waals surface area (Å²) in [5.41, 5.74) is 2.61. The third-order valence-electron chi connectivity index (χ3n) is 6.97. The van der Waals surface area contributed by atoms with Gasteiger partial charge in [-0.2, -0.15) is 10.2 Å². The van der Waals surface area contributed by atoms with E-state index >= 15 is 0 Å². The average Bonchev–Trinajstić information content (AvgIpc) is 3.25. The second-order valence-corrected chi connectivity index (χ2v) is 10.4. The molecule has 0 N–H and O–H groups in total. The van der Waals surface area contributed by atoms with Gasteiger partial charge in [-0.15, -0.1) is 10.2 Å². The van der Waals surface area contributed by atoms with Crippen molar-refractivity contribution in [1.29, 1.82) is 0 Å². The summed E-state index contributed by atoms with van der Waals surface area (Å²) in [5, 5.41) is 19.9. The number of nitrogens with zero attached hydrogens (tertiary/aromatic N) is 6. The second kappa shape index (κ2) is 9.29. The van der Waals surface area contributed by atoms with Gasteiger partial charge in [0.2, 0.25) is 0 Å². The van der Waals surface area contributed by atoms with Crippen LogP contribution in [0.3, 0.4) is 0 Å². The van der Waals surface area contributed by atoms with E-state index in [9.17, 15) is 4.79 Å². The van der Waals surface area contributed by atoms with Crippen molar-refractivity contribution in [3.63, 3.8) is 0 Å². The van der Waals surface area contributed by atoms with Crippen molar-refractivity contribution in [1.82, 2.24) is 30.2 Å². The number of hydrogen-bond donors (Lipinski definition) is 0. The number of aromatic nitrogens is 4. The zero-order valence-corrected chi connectivity index (χ0v) is 19.6. The zero-order chi connectivity index (χ0) is 22.1. The largest absolute Gasteiger partial charge is 0.304 e. The molecule has 5 rings (SSSR count). The van der Waals surface area contributed by atoms with Crippen LogP contribution < -0.4 is 0 Å². The van der Waals surface area contributed by atoms with E-state index in [4.69, 9.17) is 0 Å². The molecular weight excluding hydrogens is 420 g/mol. The molecule has 32 heavy (non-hydrogen) atoms. The van der Waals surface area contributed by atoms with Crippen LogP contribution in [-0.2, 0) is 11.2 Å². The van der Waals surface area contributed by atoms with Gasteiger partial charge >= 0.3 is 0 Å². The van der Waals surface area contributed by atoms with Crippen LogP contribution in [0, 0.1) is 12.8 Å². The van der Waals surface area contributed by atoms with Gasteiger partial charge in [0.05, 0.1) is 17.6 Å². The lowest BCUT2D eigenvalue weighted by Crippen LogP contribution is -2.50. The zero-order valence-electron chi connectivity index (χ0n) is 18.8. The molecule has 0 bridgehead atoms. The van der Waals surface area contributed by atoms with Crippen molar-refractivity contribution in [2.24, 2.45) is 5.92 Å². The van der Waals surface area contributed by atoms with Crippen molar-refractivity contribution in [3.8, 4) is 10.6 Å². The van der Waals surface area contributed by atoms with E-state index in [1.165, 1.54) is 0 Å². The summed E-state index contributed by atoms with van der Waals surface area (Å²) in [6, 6.07) is 8.68. The van der Waals surface area contributed by atoms with Gasteiger partial charge < -0.3 is 4.90 Å². The number of likely N-dealkylation sites (N-methyl/N-ethyl adjacent to an activating group) is 1. The Morgan fingerprint density at radius 1 is 1.00 bits per heavy atom. The maximum atomic E-state index is 13.0. The van der Waals surface area contributed by atoms with Crippen molar-refractivity contribution in [3.05, 3.63) is 35.0 Å². The number of fused-ring (bicyclic) bond motifs is 1. The fourth-order valence-electron chi connectivity index (χ4n) is 4.99. The molecule has 0 amide bonds. The molecule has 0 unspecified atom stereocenters. The van der Waals surface area contributed by atoms with Gasteiger partial charge in [0, 0.05) is 49.1 Å². The Labute approximate surface area is 192 Å². The molecule has 8 heteroatoms. The summed E-state index contributed by atoms with van der Waals surface area (Å²) in [6.07, 6.45) is 4.63. The van der Waals surface area contributed by atoms with Crippen LogP contribution in [0.1, 0.15) is 36.4 Å². The lowest BCUT2D eigenvalue weighted by Gasteiger charge is -2.40. The predicted octanol–water partition coefficient (Wildman–Crippen LogP) is 3.37. The Kier molecular flexibility index (Phi) is 6.26. The molecule has 1 aliphatic heterocycles. The number of piperazine rings is 1. The molecule has 0 radical (unpaired) electrons. The Balaban J connectivity index is 1.22. The number of aryl methyl sites for hydroxylation is 1. The lowest BCUT2D eigenvalue weighted by molar-refractivity contribution is -0.123. The van der Waals surface area contributed by atoms with Gasteiger partial charge in [0.25, 0.3) is 0 Å². The highest BCUT2D eigenvalue weighted by Crippen LogP contribution is 2.30. The quantitative estimate of drug-likeness (QED) is 0.590. The monoisotopic (exact) mass is 450 g/mol. The molecular formula is C24H30N6OS. The number of carbonyl (C=O) groups excluding carboxylic acids is 1. The lowest BCUT2D eigenvalue weighted by atomic mass is 9.81. The van der Waals surface area contributed by atoms with E-state index in [2.05, 4.69) is 43.3 Å². The molecule has 0 atom stereocenters. The van der Waals surface area contributed by atoms with Gasteiger partial charge in [0.1, 0.15) is 15.8 Å². The fraction of sp³-hybridized carbons (Fsp3) is 0.542. The highest BCUT2D eigenvalue weighted by Gasteiger charge is 2.30. The van der Waals surface area contributed by atoms with Crippen LogP contribution in [0.4, 0.5) is 0 Å². The van der Waals surface area contributed by atoms with Crippen molar-refractivity contribution in [2.45, 2.75) is 45.1 Å². The topological polar surface area (TPSA) is 75.1 Å². The number of hydrogen-bond acceptors (Lipinski definition) is 8. The van der Waals surface area contributed by atoms with E-state index in [1.54, 1.807) is 11.3 Å². The Morgan fingerprint density at radius 2 is 1.78 bits per heavy atom. The van der Waals surface area contributed by atoms with Crippen LogP contribution in [0.2, 0.25) is 0 Å². The molecule has 168 valence electrons. The number of ketones is 1. The summed E-state index contributed by atoms with van der Waals surface area (Å²) in [6.45, 7) is 6.58. The first kappa shape index (κ1) is 21.6. The SMILES string of the molecule is Cc1nnc(-c2ccc3nnc(CC(=O)C4CCC(N5CCN(C)CC5)CC4)cc3c2)s1. The molecule has 2 fully saturated rings. The van der Waals surface area contributed by atoms with Crippen LogP contribution >= 0.6 is 11.3 Å². The minimum absolute atomic E-state index is 0.159. The highest BCUT2D eigenvalue weighted by molar-refractivity contribution is 7.14. The van der Waals surface area contributed by atoms with E-state index in [0.29, 0.717) is 18.2 Å². The van der Waals surface area contributed by atoms with Crippen molar-refractivity contribution in [2.75, 3.05) is 33.2 Å². The molecule has 1 aromatic carbocycles. The van der Waals surface area contributed by atoms with E-state index < -0.39 is 0 Å². The van der Waals surface area contributed by atoms with Gasteiger partial charge in [-0.1, -0.05) is 11.3 Å². The third kappa shape index (κ3) is 4.72. The number of rotatable bonds is 5. The first-order valence-corrected chi connectivity index (χ1v) is 12.4. The minimum Gasteiger partial charge on any atom is -0.304 e. The maximum absolute atomic E-state index is 13.0. The second-order valence-electron chi connectivity index (χ2n) is 9.22. The van der Waals surface area contributed by atoms with Crippen molar-refractivity contribution < 1.29 is 4.79 Å². The Morgan fingerprint density at radius 3 is 2.50 bits per heavy atom. The van der Waals surface area contributed by atoms with Gasteiger partial charge in [-0.05, 0) is 63.9 Å². The smallest absolute Gasteiger partial charge is 0.147 e. The van der Waals surface area contributed by atoms with Gasteiger partial charge in [-0.3, -0.25) is 9.69 Å². The van der Waals surface area contributed by atoms with E-state index in [0.717, 1.165) is 84.0 Å². The molecule has 3 heterocycles. The molecule has 0 spiro atoms. The Hall–Kier alpha value is -2.29. The number of benzene rings is 1. The minimum atomic E-state index is 0.159. The Bertz CT molecular complexity index is 1100. The normalized spacial score (nSPS) is 22.9. The summed E-state index contributed by atoms with van der Waals surface area (Å²) in [5.74, 6) is 0.471. The molecule has 1 saturated heterocycles. The fourth-order valence-corrected chi connectivity index (χ4v) is 5.68. The molecule has 3 aromatic rings. The molecule has 2 aromatic heterocycles. The predicted molar refractivity (Wildman–Crippen MR) is 127 cm³/mol. The third-order valence-corrected chi connectivity index (χ3v) is 7.86. The van der Waals surface area contributed by atoms with Crippen LogP contribution in [0.15, 0.2) is 24.3 Å². The van der Waals surface area contributed by atoms with Gasteiger partial charge in [-0.25, -0.2) is 0 Å². The van der Waals surface area contributed by atoms with Gasteiger partial charge in [0.15, 0.2) is 0 Å². The summed E-state index contributed by atoms with van der Waals surface area (Å²) in [4.78, 5) is 18.0. The number of Topliss-reactive ketones (excluding diaryl/α,β-unsaturated/α-hetero) is 1. The van der Waals surface area contributed by atoms with Crippen LogP contribution in [0.25, 0.3) is 21.5 Å². The standard InChI is InChI=1S/C24H30N6OS/c1-16-25-28-24(32-16)18-5-8-22-19(13-18)14-20(26-27-22)15-23(31)17-3-6-21(7-4-17)30-11-9-29(2)10-12-30/h5,8,13-14,17,21H,3-4,6-7,9-12,15H2,1-2H3. The van der Waals surface area contributed by atoms with Crippen LogP contribution in [0.5, 0.6) is 0 Å². The molecule has 1 aliphatic carbocycles. The number of carbonyl (C=O) groups is 1. The highest BCUT2D eigenvalue weighted by atomic mass is 32.1. The first-order valence-electron chi connectivity index (χ1n) is 11.6. The molecule has 2 aliphatic rings. The summed E-state index contributed by atoms with van der Waals surface area (Å²) >= 11 is 1.58. The van der Waals surface area contributed by atoms with E-state index in [-0.39, 0.29) is 5.92 Å². The van der Waals surface area contributed by atoms with Crippen LogP contribution in [-0.4, -0.2) is 75.2 Å². The first-order chi connectivity index (χ1) is 15.5.